The topological polar surface area (TPSA) is 49.7 Å². The van der Waals surface area contributed by atoms with Gasteiger partial charge in [0.2, 0.25) is 0 Å². The number of rotatable bonds is 2. The van der Waals surface area contributed by atoms with Crippen LogP contribution in [0, 0.1) is 6.92 Å². The summed E-state index contributed by atoms with van der Waals surface area (Å²) in [6.45, 7) is 2.29. The van der Waals surface area contributed by atoms with Gasteiger partial charge in [-0.1, -0.05) is 42.0 Å². The first kappa shape index (κ1) is 12.9. The van der Waals surface area contributed by atoms with Gasteiger partial charge in [-0.05, 0) is 24.6 Å². The van der Waals surface area contributed by atoms with Gasteiger partial charge in [-0.25, -0.2) is 13.4 Å². The molecule has 4 nitrogen and oxygen atoms in total. The van der Waals surface area contributed by atoms with E-state index in [2.05, 4.69) is 4.99 Å². The molecule has 1 aliphatic heterocycles. The van der Waals surface area contributed by atoms with Crippen molar-refractivity contribution >= 4 is 22.0 Å². The summed E-state index contributed by atoms with van der Waals surface area (Å²) in [5, 5.41) is 0. The van der Waals surface area contributed by atoms with Crippen molar-refractivity contribution in [2.45, 2.75) is 18.4 Å². The number of benzene rings is 2. The molecule has 0 unspecified atom stereocenters. The minimum atomic E-state index is -3.51. The Morgan fingerprint density at radius 1 is 1.05 bits per heavy atom. The van der Waals surface area contributed by atoms with Gasteiger partial charge < -0.3 is 0 Å². The maximum Gasteiger partial charge on any atom is 0.267 e. The van der Waals surface area contributed by atoms with Crippen LogP contribution < -0.4 is 0 Å². The molecule has 0 bridgehead atoms. The Balaban J connectivity index is 1.95. The Kier molecular flexibility index (Phi) is 3.06. The molecular formula is C15H14N2O2S. The van der Waals surface area contributed by atoms with Crippen LogP contribution in [0.5, 0.6) is 0 Å². The molecule has 0 N–H and O–H groups in total. The molecule has 0 saturated heterocycles. The van der Waals surface area contributed by atoms with E-state index in [4.69, 9.17) is 0 Å². The van der Waals surface area contributed by atoms with E-state index in [1.165, 1.54) is 10.6 Å². The first-order valence-corrected chi connectivity index (χ1v) is 7.72. The highest BCUT2D eigenvalue weighted by atomic mass is 32.2. The van der Waals surface area contributed by atoms with Gasteiger partial charge in [0, 0.05) is 0 Å². The number of hydrogen-bond donors (Lipinski definition) is 0. The summed E-state index contributed by atoms with van der Waals surface area (Å²) in [6, 6.07) is 14.6. The van der Waals surface area contributed by atoms with Crippen molar-refractivity contribution in [3.05, 3.63) is 59.7 Å². The van der Waals surface area contributed by atoms with Crippen molar-refractivity contribution in [1.29, 1.82) is 0 Å². The second-order valence-corrected chi connectivity index (χ2v) is 6.61. The van der Waals surface area contributed by atoms with Crippen molar-refractivity contribution in [3.63, 3.8) is 0 Å². The molecule has 1 aliphatic rings. The van der Waals surface area contributed by atoms with E-state index in [9.17, 15) is 8.42 Å². The summed E-state index contributed by atoms with van der Waals surface area (Å²) in [6.07, 6.45) is 1.39. The quantitative estimate of drug-likeness (QED) is 0.852. The average Bonchev–Trinajstić information content (AvgIpc) is 2.44. The standard InChI is InChI=1S/C15H14N2O2S/c1-12-6-8-13(9-7-12)10-17-11-16-14-4-2-3-5-15(14)20(17,18)19/h2-9,11H,10H2,1H3. The molecule has 102 valence electrons. The molecule has 3 rings (SSSR count). The predicted octanol–water partition coefficient (Wildman–Crippen LogP) is 2.86. The number of aliphatic imine (C=N–C) groups is 1. The zero-order valence-electron chi connectivity index (χ0n) is 11.0. The summed E-state index contributed by atoms with van der Waals surface area (Å²) in [5.41, 5.74) is 2.58. The third kappa shape index (κ3) is 2.20. The van der Waals surface area contributed by atoms with Gasteiger partial charge in [-0.2, -0.15) is 0 Å². The molecule has 5 heteroatoms. The Hall–Kier alpha value is -2.14. The molecule has 2 aromatic carbocycles. The Morgan fingerprint density at radius 2 is 1.75 bits per heavy atom. The van der Waals surface area contributed by atoms with Crippen LogP contribution in [0.2, 0.25) is 0 Å². The lowest BCUT2D eigenvalue weighted by Crippen LogP contribution is -2.31. The van der Waals surface area contributed by atoms with Crippen LogP contribution in [0.3, 0.4) is 0 Å². The van der Waals surface area contributed by atoms with Crippen LogP contribution in [-0.2, 0) is 16.6 Å². The lowest BCUT2D eigenvalue weighted by Gasteiger charge is -2.24. The van der Waals surface area contributed by atoms with Crippen LogP contribution in [0.4, 0.5) is 5.69 Å². The summed E-state index contributed by atoms with van der Waals surface area (Å²) in [5.74, 6) is 0. The summed E-state index contributed by atoms with van der Waals surface area (Å²) < 4.78 is 26.3. The minimum Gasteiger partial charge on any atom is -0.252 e. The van der Waals surface area contributed by atoms with Crippen molar-refractivity contribution < 1.29 is 8.42 Å². The van der Waals surface area contributed by atoms with Gasteiger partial charge in [-0.15, -0.1) is 0 Å². The second-order valence-electron chi connectivity index (χ2n) is 4.75. The molecule has 0 aliphatic carbocycles. The highest BCUT2D eigenvalue weighted by Crippen LogP contribution is 2.30. The van der Waals surface area contributed by atoms with E-state index in [0.717, 1.165) is 11.1 Å². The lowest BCUT2D eigenvalue weighted by atomic mass is 10.1. The molecule has 0 atom stereocenters. The number of aryl methyl sites for hydroxylation is 1. The lowest BCUT2D eigenvalue weighted by molar-refractivity contribution is 0.521. The molecule has 0 saturated carbocycles. The molecule has 0 spiro atoms. The maximum atomic E-state index is 12.5. The molecule has 0 aromatic heterocycles. The fraction of sp³-hybridized carbons (Fsp3) is 0.133. The Bertz CT molecular complexity index is 765. The smallest absolute Gasteiger partial charge is 0.252 e. The third-order valence-corrected chi connectivity index (χ3v) is 4.98. The zero-order valence-corrected chi connectivity index (χ0v) is 11.8. The number of sulfonamides is 1. The molecule has 20 heavy (non-hydrogen) atoms. The third-order valence-electron chi connectivity index (χ3n) is 3.24. The fourth-order valence-electron chi connectivity index (χ4n) is 2.10. The van der Waals surface area contributed by atoms with Crippen molar-refractivity contribution in [2.24, 2.45) is 4.99 Å². The first-order chi connectivity index (χ1) is 9.57. The maximum absolute atomic E-state index is 12.5. The van der Waals surface area contributed by atoms with Crippen molar-refractivity contribution in [3.8, 4) is 0 Å². The number of para-hydroxylation sites is 1. The van der Waals surface area contributed by atoms with Crippen LogP contribution in [0.1, 0.15) is 11.1 Å². The number of fused-ring (bicyclic) bond motifs is 1. The van der Waals surface area contributed by atoms with E-state index in [-0.39, 0.29) is 4.90 Å². The average molecular weight is 286 g/mol. The van der Waals surface area contributed by atoms with Gasteiger partial charge in [-0.3, -0.25) is 4.31 Å². The van der Waals surface area contributed by atoms with E-state index < -0.39 is 10.0 Å². The molecule has 1 heterocycles. The molecular weight excluding hydrogens is 272 g/mol. The van der Waals surface area contributed by atoms with Crippen LogP contribution >= 0.6 is 0 Å². The van der Waals surface area contributed by atoms with Crippen LogP contribution in [-0.4, -0.2) is 19.1 Å². The monoisotopic (exact) mass is 286 g/mol. The molecule has 0 fully saturated rings. The highest BCUT2D eigenvalue weighted by molar-refractivity contribution is 7.89. The first-order valence-electron chi connectivity index (χ1n) is 6.28. The normalized spacial score (nSPS) is 15.9. The highest BCUT2D eigenvalue weighted by Gasteiger charge is 2.28. The fourth-order valence-corrected chi connectivity index (χ4v) is 3.47. The van der Waals surface area contributed by atoms with Gasteiger partial charge in [0.15, 0.2) is 0 Å². The van der Waals surface area contributed by atoms with E-state index in [0.29, 0.717) is 12.2 Å². The summed E-state index contributed by atoms with van der Waals surface area (Å²) >= 11 is 0. The Morgan fingerprint density at radius 3 is 2.50 bits per heavy atom. The van der Waals surface area contributed by atoms with E-state index >= 15 is 0 Å². The number of nitrogens with zero attached hydrogens (tertiary/aromatic N) is 2. The van der Waals surface area contributed by atoms with E-state index in [1.807, 2.05) is 31.2 Å². The molecule has 0 radical (unpaired) electrons. The van der Waals surface area contributed by atoms with Crippen LogP contribution in [0.15, 0.2) is 58.4 Å². The number of hydrogen-bond acceptors (Lipinski definition) is 3. The zero-order chi connectivity index (χ0) is 14.2. The van der Waals surface area contributed by atoms with Crippen molar-refractivity contribution in [2.75, 3.05) is 0 Å². The SMILES string of the molecule is Cc1ccc(CN2C=Nc3ccccc3S2(=O)=O)cc1. The van der Waals surface area contributed by atoms with Crippen LogP contribution in [0.25, 0.3) is 0 Å². The largest absolute Gasteiger partial charge is 0.267 e. The Labute approximate surface area is 118 Å². The van der Waals surface area contributed by atoms with Gasteiger partial charge >= 0.3 is 0 Å². The van der Waals surface area contributed by atoms with Crippen molar-refractivity contribution in [1.82, 2.24) is 4.31 Å². The van der Waals surface area contributed by atoms with Gasteiger partial charge in [0.25, 0.3) is 10.0 Å². The molecule has 2 aromatic rings. The van der Waals surface area contributed by atoms with Gasteiger partial charge in [0.1, 0.15) is 11.2 Å². The summed E-state index contributed by atoms with van der Waals surface area (Å²) in [7, 11) is -3.51. The van der Waals surface area contributed by atoms with Gasteiger partial charge in [0.05, 0.1) is 12.2 Å². The second kappa shape index (κ2) is 4.76. The predicted molar refractivity (Wildman–Crippen MR) is 78.5 cm³/mol. The minimum absolute atomic E-state index is 0.259. The molecule has 0 amide bonds. The van der Waals surface area contributed by atoms with E-state index in [1.54, 1.807) is 24.3 Å². The summed E-state index contributed by atoms with van der Waals surface area (Å²) in [4.78, 5) is 4.46.